The minimum atomic E-state index is -0.245. The van der Waals surface area contributed by atoms with Gasteiger partial charge in [-0.1, -0.05) is 11.6 Å². The minimum absolute atomic E-state index is 0.0765. The maximum atomic E-state index is 11.9. The van der Waals surface area contributed by atoms with Crippen molar-refractivity contribution in [1.82, 2.24) is 4.98 Å². The number of anilines is 2. The Bertz CT molecular complexity index is 670. The molecular weight excluding hydrogens is 330 g/mol. The normalized spacial score (nSPS) is 14.3. The molecule has 1 amide bonds. The molecule has 3 rings (SSSR count). The molecule has 1 aromatic heterocycles. The number of hydrogen-bond acceptors (Lipinski definition) is 5. The molecule has 0 bridgehead atoms. The number of halogens is 1. The Morgan fingerprint density at radius 1 is 1.21 bits per heavy atom. The second-order valence-corrected chi connectivity index (χ2v) is 5.73. The Balaban J connectivity index is 1.49. The lowest BCUT2D eigenvalue weighted by Crippen LogP contribution is -2.36. The zero-order valence-corrected chi connectivity index (χ0v) is 13.8. The van der Waals surface area contributed by atoms with Gasteiger partial charge in [0.1, 0.15) is 11.6 Å². The first-order valence-corrected chi connectivity index (χ1v) is 8.05. The van der Waals surface area contributed by atoms with Gasteiger partial charge in [0.25, 0.3) is 5.91 Å². The predicted molar refractivity (Wildman–Crippen MR) is 92.8 cm³/mol. The fraction of sp³-hybridized carbons (Fsp3) is 0.294. The van der Waals surface area contributed by atoms with E-state index in [9.17, 15) is 4.79 Å². The highest BCUT2D eigenvalue weighted by molar-refractivity contribution is 6.30. The maximum absolute atomic E-state index is 11.9. The molecule has 0 spiro atoms. The van der Waals surface area contributed by atoms with E-state index in [0.717, 1.165) is 18.9 Å². The van der Waals surface area contributed by atoms with Crippen LogP contribution in [0.4, 0.5) is 11.5 Å². The molecule has 1 aromatic carbocycles. The molecule has 126 valence electrons. The van der Waals surface area contributed by atoms with Crippen molar-refractivity contribution in [2.75, 3.05) is 43.1 Å². The fourth-order valence-electron chi connectivity index (χ4n) is 2.32. The Morgan fingerprint density at radius 3 is 2.62 bits per heavy atom. The topological polar surface area (TPSA) is 63.7 Å². The van der Waals surface area contributed by atoms with E-state index in [0.29, 0.717) is 29.7 Å². The van der Waals surface area contributed by atoms with Crippen LogP contribution in [0, 0.1) is 0 Å². The SMILES string of the molecule is O=C(COc1ccc(Cl)cc1)Nc1ccc(N2CCOCC2)nc1. The van der Waals surface area contributed by atoms with Crippen molar-refractivity contribution < 1.29 is 14.3 Å². The summed E-state index contributed by atoms with van der Waals surface area (Å²) < 4.78 is 10.7. The van der Waals surface area contributed by atoms with Gasteiger partial charge in [-0.2, -0.15) is 0 Å². The third-order valence-corrected chi connectivity index (χ3v) is 3.80. The van der Waals surface area contributed by atoms with Gasteiger partial charge < -0.3 is 19.7 Å². The van der Waals surface area contributed by atoms with E-state index < -0.39 is 0 Å². The Morgan fingerprint density at radius 2 is 1.96 bits per heavy atom. The number of rotatable bonds is 5. The van der Waals surface area contributed by atoms with Crippen LogP contribution in [0.1, 0.15) is 0 Å². The molecule has 24 heavy (non-hydrogen) atoms. The lowest BCUT2D eigenvalue weighted by Gasteiger charge is -2.27. The van der Waals surface area contributed by atoms with Crippen molar-refractivity contribution in [2.24, 2.45) is 0 Å². The monoisotopic (exact) mass is 347 g/mol. The minimum Gasteiger partial charge on any atom is -0.484 e. The van der Waals surface area contributed by atoms with Crippen molar-refractivity contribution in [2.45, 2.75) is 0 Å². The van der Waals surface area contributed by atoms with Crippen molar-refractivity contribution in [1.29, 1.82) is 0 Å². The number of carbonyl (C=O) groups excluding carboxylic acids is 1. The second-order valence-electron chi connectivity index (χ2n) is 5.30. The van der Waals surface area contributed by atoms with E-state index in [1.165, 1.54) is 0 Å². The molecule has 1 aliphatic rings. The van der Waals surface area contributed by atoms with Gasteiger partial charge in [0.05, 0.1) is 25.1 Å². The number of amides is 1. The van der Waals surface area contributed by atoms with Crippen molar-refractivity contribution in [3.63, 3.8) is 0 Å². The molecule has 0 aliphatic carbocycles. The molecule has 1 fully saturated rings. The highest BCUT2D eigenvalue weighted by Crippen LogP contribution is 2.17. The number of nitrogens with zero attached hydrogens (tertiary/aromatic N) is 2. The van der Waals surface area contributed by atoms with Crippen LogP contribution >= 0.6 is 11.6 Å². The molecule has 0 radical (unpaired) electrons. The van der Waals surface area contributed by atoms with Crippen LogP contribution in [0.3, 0.4) is 0 Å². The summed E-state index contributed by atoms with van der Waals surface area (Å²) >= 11 is 5.80. The highest BCUT2D eigenvalue weighted by atomic mass is 35.5. The summed E-state index contributed by atoms with van der Waals surface area (Å²) in [6.45, 7) is 3.00. The van der Waals surface area contributed by atoms with E-state index in [1.54, 1.807) is 30.5 Å². The third-order valence-electron chi connectivity index (χ3n) is 3.55. The molecule has 0 saturated carbocycles. The van der Waals surface area contributed by atoms with Crippen LogP contribution in [0.2, 0.25) is 5.02 Å². The molecule has 2 aromatic rings. The van der Waals surface area contributed by atoms with Crippen LogP contribution < -0.4 is 15.0 Å². The third kappa shape index (κ3) is 4.59. The summed E-state index contributed by atoms with van der Waals surface area (Å²) in [5, 5.41) is 3.38. The van der Waals surface area contributed by atoms with Gasteiger partial charge >= 0.3 is 0 Å². The molecule has 6 nitrogen and oxygen atoms in total. The molecule has 2 heterocycles. The number of pyridine rings is 1. The van der Waals surface area contributed by atoms with Crippen LogP contribution in [0.5, 0.6) is 5.75 Å². The van der Waals surface area contributed by atoms with E-state index in [2.05, 4.69) is 15.2 Å². The number of nitrogens with one attached hydrogen (secondary N) is 1. The van der Waals surface area contributed by atoms with Gasteiger partial charge in [0.15, 0.2) is 6.61 Å². The van der Waals surface area contributed by atoms with E-state index in [1.807, 2.05) is 12.1 Å². The maximum Gasteiger partial charge on any atom is 0.262 e. The summed E-state index contributed by atoms with van der Waals surface area (Å²) in [6, 6.07) is 10.6. The van der Waals surface area contributed by atoms with Crippen LogP contribution in [0.15, 0.2) is 42.6 Å². The average Bonchev–Trinajstić information content (AvgIpc) is 2.63. The summed E-state index contributed by atoms with van der Waals surface area (Å²) in [5.74, 6) is 1.23. The number of hydrogen-bond donors (Lipinski definition) is 1. The van der Waals surface area contributed by atoms with Crippen LogP contribution in [-0.2, 0) is 9.53 Å². The first kappa shape index (κ1) is 16.5. The Labute approximate surface area is 145 Å². The first-order valence-electron chi connectivity index (χ1n) is 7.68. The van der Waals surface area contributed by atoms with Crippen molar-refractivity contribution in [3.05, 3.63) is 47.6 Å². The largest absolute Gasteiger partial charge is 0.484 e. The number of ether oxygens (including phenoxy) is 2. The molecule has 1 saturated heterocycles. The van der Waals surface area contributed by atoms with Crippen molar-refractivity contribution in [3.8, 4) is 5.75 Å². The number of aromatic nitrogens is 1. The zero-order valence-electron chi connectivity index (χ0n) is 13.1. The van der Waals surface area contributed by atoms with Crippen LogP contribution in [0.25, 0.3) is 0 Å². The van der Waals surface area contributed by atoms with E-state index in [4.69, 9.17) is 21.1 Å². The van der Waals surface area contributed by atoms with Crippen molar-refractivity contribution >= 4 is 29.0 Å². The molecule has 7 heteroatoms. The molecular formula is C17H18ClN3O3. The number of benzene rings is 1. The first-order chi connectivity index (χ1) is 11.7. The Hall–Kier alpha value is -2.31. The second kappa shape index (κ2) is 7.99. The van der Waals surface area contributed by atoms with Gasteiger partial charge in [-0.15, -0.1) is 0 Å². The van der Waals surface area contributed by atoms with Crippen LogP contribution in [-0.4, -0.2) is 43.8 Å². The van der Waals surface area contributed by atoms with Gasteiger partial charge in [0, 0.05) is 18.1 Å². The van der Waals surface area contributed by atoms with E-state index >= 15 is 0 Å². The highest BCUT2D eigenvalue weighted by Gasteiger charge is 2.12. The zero-order chi connectivity index (χ0) is 16.8. The molecule has 0 unspecified atom stereocenters. The van der Waals surface area contributed by atoms with Gasteiger partial charge in [-0.25, -0.2) is 4.98 Å². The van der Waals surface area contributed by atoms with Gasteiger partial charge in [-0.3, -0.25) is 4.79 Å². The molecule has 0 atom stereocenters. The number of carbonyl (C=O) groups is 1. The molecule has 1 N–H and O–H groups in total. The number of morpholine rings is 1. The van der Waals surface area contributed by atoms with Gasteiger partial charge in [-0.05, 0) is 36.4 Å². The molecule has 1 aliphatic heterocycles. The quantitative estimate of drug-likeness (QED) is 0.900. The summed E-state index contributed by atoms with van der Waals surface area (Å²) in [5.41, 5.74) is 0.636. The smallest absolute Gasteiger partial charge is 0.262 e. The average molecular weight is 348 g/mol. The van der Waals surface area contributed by atoms with E-state index in [-0.39, 0.29) is 12.5 Å². The lowest BCUT2D eigenvalue weighted by molar-refractivity contribution is -0.118. The lowest BCUT2D eigenvalue weighted by atomic mass is 10.3. The summed E-state index contributed by atoms with van der Waals surface area (Å²) in [7, 11) is 0. The van der Waals surface area contributed by atoms with Gasteiger partial charge in [0.2, 0.25) is 0 Å². The summed E-state index contributed by atoms with van der Waals surface area (Å²) in [6.07, 6.45) is 1.64. The standard InChI is InChI=1S/C17H18ClN3O3/c18-13-1-4-15(5-2-13)24-12-17(22)20-14-3-6-16(19-11-14)21-7-9-23-10-8-21/h1-6,11H,7-10,12H2,(H,20,22). The summed E-state index contributed by atoms with van der Waals surface area (Å²) in [4.78, 5) is 18.5. The predicted octanol–water partition coefficient (Wildman–Crippen LogP) is 2.59. The fourth-order valence-corrected chi connectivity index (χ4v) is 2.44. The Kier molecular flexibility index (Phi) is 5.51.